The van der Waals surface area contributed by atoms with Crippen molar-refractivity contribution in [2.24, 2.45) is 5.92 Å². The van der Waals surface area contributed by atoms with Crippen molar-refractivity contribution in [3.8, 4) is 0 Å². The second-order valence-electron chi connectivity index (χ2n) is 6.62. The fourth-order valence-electron chi connectivity index (χ4n) is 3.99. The summed E-state index contributed by atoms with van der Waals surface area (Å²) in [7, 11) is 0. The molecule has 1 aromatic carbocycles. The Morgan fingerprint density at radius 2 is 1.95 bits per heavy atom. The zero-order valence-electron chi connectivity index (χ0n) is 12.7. The fourth-order valence-corrected chi connectivity index (χ4v) is 3.99. The molecule has 2 heteroatoms. The molecule has 110 valence electrons. The Kier molecular flexibility index (Phi) is 4.74. The minimum absolute atomic E-state index is 0.620. The summed E-state index contributed by atoms with van der Waals surface area (Å²) >= 11 is 0. The Morgan fingerprint density at radius 1 is 1.20 bits per heavy atom. The third-order valence-electron chi connectivity index (χ3n) is 5.27. The van der Waals surface area contributed by atoms with Crippen LogP contribution in [0.4, 0.5) is 0 Å². The number of benzene rings is 1. The third kappa shape index (κ3) is 3.42. The molecule has 1 aromatic rings. The second-order valence-corrected chi connectivity index (χ2v) is 6.62. The van der Waals surface area contributed by atoms with Gasteiger partial charge in [-0.1, -0.05) is 43.2 Å². The largest absolute Gasteiger partial charge is 0.311 e. The van der Waals surface area contributed by atoms with Gasteiger partial charge in [0.25, 0.3) is 0 Å². The van der Waals surface area contributed by atoms with Crippen molar-refractivity contribution in [1.82, 2.24) is 10.2 Å². The molecule has 0 spiro atoms. The molecular formula is C18H28N2. The van der Waals surface area contributed by atoms with Crippen molar-refractivity contribution in [1.29, 1.82) is 0 Å². The van der Waals surface area contributed by atoms with Crippen molar-refractivity contribution in [2.75, 3.05) is 19.6 Å². The number of nitrogens with zero attached hydrogens (tertiary/aromatic N) is 1. The minimum atomic E-state index is 0.620. The van der Waals surface area contributed by atoms with Crippen LogP contribution in [0.15, 0.2) is 30.3 Å². The molecule has 2 unspecified atom stereocenters. The van der Waals surface area contributed by atoms with Gasteiger partial charge in [0.15, 0.2) is 0 Å². The van der Waals surface area contributed by atoms with Gasteiger partial charge in [-0.3, -0.25) is 4.90 Å². The van der Waals surface area contributed by atoms with Crippen molar-refractivity contribution >= 4 is 0 Å². The number of hydrogen-bond acceptors (Lipinski definition) is 2. The zero-order valence-corrected chi connectivity index (χ0v) is 12.7. The molecular weight excluding hydrogens is 244 g/mol. The van der Waals surface area contributed by atoms with E-state index in [1.807, 2.05) is 0 Å². The van der Waals surface area contributed by atoms with Gasteiger partial charge in [0.1, 0.15) is 0 Å². The molecule has 0 radical (unpaired) electrons. The predicted molar refractivity (Wildman–Crippen MR) is 84.9 cm³/mol. The molecule has 1 saturated heterocycles. The Morgan fingerprint density at radius 3 is 2.70 bits per heavy atom. The maximum absolute atomic E-state index is 3.70. The highest BCUT2D eigenvalue weighted by molar-refractivity contribution is 5.16. The summed E-state index contributed by atoms with van der Waals surface area (Å²) in [5.74, 6) is 0.950. The first-order valence-electron chi connectivity index (χ1n) is 8.34. The number of nitrogens with one attached hydrogen (secondary N) is 1. The number of rotatable bonds is 4. The van der Waals surface area contributed by atoms with E-state index in [9.17, 15) is 0 Å². The smallest absolute Gasteiger partial charge is 0.0236 e. The van der Waals surface area contributed by atoms with E-state index in [0.717, 1.165) is 24.9 Å². The average molecular weight is 272 g/mol. The van der Waals surface area contributed by atoms with Gasteiger partial charge in [-0.05, 0) is 37.7 Å². The topological polar surface area (TPSA) is 15.3 Å². The monoisotopic (exact) mass is 272 g/mol. The quantitative estimate of drug-likeness (QED) is 0.906. The third-order valence-corrected chi connectivity index (χ3v) is 5.27. The van der Waals surface area contributed by atoms with E-state index in [4.69, 9.17) is 0 Å². The molecule has 3 rings (SSSR count). The lowest BCUT2D eigenvalue weighted by Crippen LogP contribution is -2.55. The maximum Gasteiger partial charge on any atom is 0.0236 e. The summed E-state index contributed by atoms with van der Waals surface area (Å²) in [4.78, 5) is 2.74. The normalized spacial score (nSPS) is 26.8. The molecule has 20 heavy (non-hydrogen) atoms. The summed E-state index contributed by atoms with van der Waals surface area (Å²) in [5, 5.41) is 3.70. The predicted octanol–water partition coefficient (Wildman–Crippen LogP) is 3.08. The lowest BCUT2D eigenvalue weighted by Gasteiger charge is -2.40. The van der Waals surface area contributed by atoms with Gasteiger partial charge < -0.3 is 5.32 Å². The number of hydrogen-bond donors (Lipinski definition) is 1. The molecule has 0 aromatic heterocycles. The van der Waals surface area contributed by atoms with Crippen LogP contribution in [0, 0.1) is 5.92 Å². The first kappa shape index (κ1) is 14.1. The van der Waals surface area contributed by atoms with Crippen LogP contribution in [0.2, 0.25) is 0 Å². The second kappa shape index (κ2) is 6.73. The van der Waals surface area contributed by atoms with Gasteiger partial charge in [-0.2, -0.15) is 0 Å². The van der Waals surface area contributed by atoms with E-state index in [1.165, 1.54) is 44.3 Å². The minimum Gasteiger partial charge on any atom is -0.311 e. The highest BCUT2D eigenvalue weighted by Gasteiger charge is 2.29. The van der Waals surface area contributed by atoms with E-state index in [1.54, 1.807) is 0 Å². The van der Waals surface area contributed by atoms with Crippen LogP contribution in [-0.4, -0.2) is 36.6 Å². The van der Waals surface area contributed by atoms with E-state index in [-0.39, 0.29) is 0 Å². The molecule has 1 N–H and O–H groups in total. The molecule has 0 amide bonds. The SMILES string of the molecule is CC(C1CCCC1)N1CCNC(Cc2ccccc2)C1. The first-order valence-corrected chi connectivity index (χ1v) is 8.34. The molecule has 0 bridgehead atoms. The standard InChI is InChI=1S/C18H28N2/c1-15(17-9-5-6-10-17)20-12-11-19-18(14-20)13-16-7-3-2-4-8-16/h2-4,7-8,15,17-19H,5-6,9-14H2,1H3. The Balaban J connectivity index is 1.56. The van der Waals surface area contributed by atoms with Crippen LogP contribution in [0.3, 0.4) is 0 Å². The number of piperazine rings is 1. The summed E-state index contributed by atoms with van der Waals surface area (Å²) < 4.78 is 0. The van der Waals surface area contributed by atoms with Gasteiger partial charge in [0, 0.05) is 31.7 Å². The van der Waals surface area contributed by atoms with Crippen LogP contribution in [0.1, 0.15) is 38.2 Å². The molecule has 1 heterocycles. The zero-order chi connectivity index (χ0) is 13.8. The Hall–Kier alpha value is -0.860. The summed E-state index contributed by atoms with van der Waals surface area (Å²) in [6, 6.07) is 12.3. The molecule has 2 atom stereocenters. The molecule has 1 aliphatic heterocycles. The van der Waals surface area contributed by atoms with Crippen LogP contribution in [-0.2, 0) is 6.42 Å². The summed E-state index contributed by atoms with van der Waals surface area (Å²) in [6.07, 6.45) is 6.97. The molecule has 1 saturated carbocycles. The van der Waals surface area contributed by atoms with Crippen molar-refractivity contribution < 1.29 is 0 Å². The van der Waals surface area contributed by atoms with E-state index < -0.39 is 0 Å². The van der Waals surface area contributed by atoms with Crippen molar-refractivity contribution in [3.05, 3.63) is 35.9 Å². The lowest BCUT2D eigenvalue weighted by molar-refractivity contribution is 0.114. The van der Waals surface area contributed by atoms with Gasteiger partial charge in [0.05, 0.1) is 0 Å². The van der Waals surface area contributed by atoms with Gasteiger partial charge in [-0.25, -0.2) is 0 Å². The van der Waals surface area contributed by atoms with E-state index in [0.29, 0.717) is 6.04 Å². The summed E-state index contributed by atoms with van der Waals surface area (Å²) in [6.45, 7) is 6.05. The Bertz CT molecular complexity index is 397. The molecule has 1 aliphatic carbocycles. The molecule has 2 fully saturated rings. The highest BCUT2D eigenvalue weighted by Crippen LogP contribution is 2.30. The van der Waals surface area contributed by atoms with Crippen molar-refractivity contribution in [3.63, 3.8) is 0 Å². The van der Waals surface area contributed by atoms with Gasteiger partial charge in [-0.15, -0.1) is 0 Å². The maximum atomic E-state index is 3.70. The van der Waals surface area contributed by atoms with Gasteiger partial charge in [0.2, 0.25) is 0 Å². The highest BCUT2D eigenvalue weighted by atomic mass is 15.2. The lowest BCUT2D eigenvalue weighted by atomic mass is 9.96. The molecule has 2 nitrogen and oxygen atoms in total. The van der Waals surface area contributed by atoms with Crippen LogP contribution < -0.4 is 5.32 Å². The van der Waals surface area contributed by atoms with E-state index >= 15 is 0 Å². The first-order chi connectivity index (χ1) is 9.83. The Labute approximate surface area is 123 Å². The summed E-state index contributed by atoms with van der Waals surface area (Å²) in [5.41, 5.74) is 1.46. The van der Waals surface area contributed by atoms with Crippen LogP contribution >= 0.6 is 0 Å². The van der Waals surface area contributed by atoms with Crippen LogP contribution in [0.25, 0.3) is 0 Å². The van der Waals surface area contributed by atoms with E-state index in [2.05, 4.69) is 47.5 Å². The van der Waals surface area contributed by atoms with Crippen molar-refractivity contribution in [2.45, 2.75) is 51.1 Å². The van der Waals surface area contributed by atoms with Gasteiger partial charge >= 0.3 is 0 Å². The average Bonchev–Trinajstić information content (AvgIpc) is 3.02. The molecule has 2 aliphatic rings. The van der Waals surface area contributed by atoms with Crippen LogP contribution in [0.5, 0.6) is 0 Å². The fraction of sp³-hybridized carbons (Fsp3) is 0.667.